The third kappa shape index (κ3) is 4.45. The van der Waals surface area contributed by atoms with Crippen LogP contribution in [0.3, 0.4) is 0 Å². The molecule has 0 spiro atoms. The fraction of sp³-hybridized carbons (Fsp3) is 0.190. The van der Waals surface area contributed by atoms with Crippen molar-refractivity contribution in [2.24, 2.45) is 0 Å². The van der Waals surface area contributed by atoms with Crippen molar-refractivity contribution >= 4 is 12.0 Å². The van der Waals surface area contributed by atoms with Crippen molar-refractivity contribution in [2.75, 3.05) is 6.61 Å². The van der Waals surface area contributed by atoms with Crippen molar-refractivity contribution < 1.29 is 9.53 Å². The summed E-state index contributed by atoms with van der Waals surface area (Å²) in [6.45, 7) is 2.62. The molecule has 3 rings (SSSR count). The summed E-state index contributed by atoms with van der Waals surface area (Å²) in [5, 5.41) is 4.25. The van der Waals surface area contributed by atoms with E-state index in [1.165, 1.54) is 10.8 Å². The molecule has 0 atom stereocenters. The summed E-state index contributed by atoms with van der Waals surface area (Å²) in [7, 11) is 0. The van der Waals surface area contributed by atoms with Crippen LogP contribution in [-0.4, -0.2) is 27.3 Å². The molecule has 0 bridgehead atoms. The Labute approximate surface area is 153 Å². The van der Waals surface area contributed by atoms with Gasteiger partial charge in [0.2, 0.25) is 0 Å². The second-order valence-corrected chi connectivity index (χ2v) is 5.78. The fourth-order valence-electron chi connectivity index (χ4n) is 2.39. The molecule has 0 aliphatic rings. The molecule has 1 heterocycles. The van der Waals surface area contributed by atoms with E-state index in [0.29, 0.717) is 12.4 Å². The van der Waals surface area contributed by atoms with E-state index >= 15 is 0 Å². The molecule has 132 valence electrons. The average molecular weight is 347 g/mol. The maximum atomic E-state index is 12.7. The molecule has 3 aromatic rings. The number of hydrogen-bond donors (Lipinski definition) is 0. The molecule has 2 aromatic carbocycles. The molecule has 0 saturated carbocycles. The lowest BCUT2D eigenvalue weighted by Gasteiger charge is -2.01. The second kappa shape index (κ2) is 8.76. The lowest BCUT2D eigenvalue weighted by Crippen LogP contribution is -2.11. The van der Waals surface area contributed by atoms with Gasteiger partial charge in [-0.05, 0) is 18.1 Å². The standard InChI is InChI=1S/C21H21N3O2/c1-2-3-16-26-21-22-20(18-12-8-5-9-13-18)24(23-21)19(25)15-14-17-10-6-4-7-11-17/h4-15H,2-3,16H2,1H3. The van der Waals surface area contributed by atoms with Crippen LogP contribution in [0, 0.1) is 0 Å². The van der Waals surface area contributed by atoms with Crippen LogP contribution in [0.5, 0.6) is 6.01 Å². The van der Waals surface area contributed by atoms with E-state index in [1.807, 2.05) is 60.7 Å². The van der Waals surface area contributed by atoms with Gasteiger partial charge in [-0.15, -0.1) is 5.10 Å². The van der Waals surface area contributed by atoms with Gasteiger partial charge in [0, 0.05) is 11.6 Å². The number of carbonyl (C=O) groups is 1. The van der Waals surface area contributed by atoms with E-state index in [9.17, 15) is 4.79 Å². The molecule has 26 heavy (non-hydrogen) atoms. The molecule has 1 aromatic heterocycles. The van der Waals surface area contributed by atoms with Crippen molar-refractivity contribution in [3.05, 3.63) is 72.3 Å². The Bertz CT molecular complexity index is 871. The van der Waals surface area contributed by atoms with Gasteiger partial charge in [0.05, 0.1) is 6.61 Å². The Kier molecular flexibility index (Phi) is 5.93. The highest BCUT2D eigenvalue weighted by molar-refractivity contribution is 5.95. The second-order valence-electron chi connectivity index (χ2n) is 5.78. The molecule has 0 radical (unpaired) electrons. The van der Waals surface area contributed by atoms with Crippen molar-refractivity contribution in [3.8, 4) is 17.4 Å². The zero-order chi connectivity index (χ0) is 18.2. The first-order valence-electron chi connectivity index (χ1n) is 8.70. The number of ether oxygens (including phenoxy) is 1. The van der Waals surface area contributed by atoms with Gasteiger partial charge in [-0.3, -0.25) is 4.79 Å². The molecule has 5 nitrogen and oxygen atoms in total. The fourth-order valence-corrected chi connectivity index (χ4v) is 2.39. The highest BCUT2D eigenvalue weighted by atomic mass is 16.5. The Morgan fingerprint density at radius 3 is 2.46 bits per heavy atom. The molecular weight excluding hydrogens is 326 g/mol. The minimum atomic E-state index is -0.273. The summed E-state index contributed by atoms with van der Waals surface area (Å²) in [5.41, 5.74) is 1.76. The molecule has 0 unspecified atom stereocenters. The van der Waals surface area contributed by atoms with E-state index in [-0.39, 0.29) is 11.9 Å². The van der Waals surface area contributed by atoms with Gasteiger partial charge in [-0.1, -0.05) is 74.0 Å². The zero-order valence-electron chi connectivity index (χ0n) is 14.7. The normalized spacial score (nSPS) is 11.0. The zero-order valence-corrected chi connectivity index (χ0v) is 14.7. The van der Waals surface area contributed by atoms with Crippen molar-refractivity contribution in [1.82, 2.24) is 14.8 Å². The largest absolute Gasteiger partial charge is 0.462 e. The van der Waals surface area contributed by atoms with Gasteiger partial charge in [-0.25, -0.2) is 0 Å². The van der Waals surface area contributed by atoms with E-state index in [0.717, 1.165) is 24.0 Å². The summed E-state index contributed by atoms with van der Waals surface area (Å²) in [6.07, 6.45) is 5.19. The number of carbonyl (C=O) groups excluding carboxylic acids is 1. The number of benzene rings is 2. The van der Waals surface area contributed by atoms with E-state index < -0.39 is 0 Å². The maximum absolute atomic E-state index is 12.7. The smallest absolute Gasteiger partial charge is 0.336 e. The van der Waals surface area contributed by atoms with E-state index in [2.05, 4.69) is 17.0 Å². The highest BCUT2D eigenvalue weighted by Crippen LogP contribution is 2.20. The summed E-state index contributed by atoms with van der Waals surface area (Å²) in [5.74, 6) is 0.199. The lowest BCUT2D eigenvalue weighted by atomic mass is 10.2. The van der Waals surface area contributed by atoms with E-state index in [4.69, 9.17) is 4.74 Å². The minimum absolute atomic E-state index is 0.221. The monoisotopic (exact) mass is 347 g/mol. The summed E-state index contributed by atoms with van der Waals surface area (Å²) in [4.78, 5) is 17.1. The Balaban J connectivity index is 1.88. The summed E-state index contributed by atoms with van der Waals surface area (Å²) in [6, 6.07) is 19.4. The number of allylic oxidation sites excluding steroid dienone is 1. The quantitative estimate of drug-likeness (QED) is 0.467. The first-order chi connectivity index (χ1) is 12.8. The number of aromatic nitrogens is 3. The van der Waals surface area contributed by atoms with E-state index in [1.54, 1.807) is 6.08 Å². The van der Waals surface area contributed by atoms with Crippen LogP contribution in [0.25, 0.3) is 17.5 Å². The number of rotatable bonds is 7. The van der Waals surface area contributed by atoms with Crippen LogP contribution in [0.2, 0.25) is 0 Å². The van der Waals surface area contributed by atoms with Crippen LogP contribution in [-0.2, 0) is 0 Å². The topological polar surface area (TPSA) is 57.0 Å². The molecule has 0 N–H and O–H groups in total. The molecule has 0 aliphatic heterocycles. The first kappa shape index (κ1) is 17.6. The van der Waals surface area contributed by atoms with Gasteiger partial charge < -0.3 is 4.74 Å². The van der Waals surface area contributed by atoms with Crippen LogP contribution in [0.4, 0.5) is 0 Å². The number of nitrogens with zero attached hydrogens (tertiary/aromatic N) is 3. The minimum Gasteiger partial charge on any atom is -0.462 e. The highest BCUT2D eigenvalue weighted by Gasteiger charge is 2.16. The third-order valence-electron chi connectivity index (χ3n) is 3.78. The van der Waals surface area contributed by atoms with Crippen LogP contribution in [0.1, 0.15) is 30.1 Å². The van der Waals surface area contributed by atoms with Crippen LogP contribution >= 0.6 is 0 Å². The van der Waals surface area contributed by atoms with Gasteiger partial charge in [-0.2, -0.15) is 9.67 Å². The summed E-state index contributed by atoms with van der Waals surface area (Å²) < 4.78 is 6.87. The molecular formula is C21H21N3O2. The van der Waals surface area contributed by atoms with Crippen LogP contribution in [0.15, 0.2) is 66.7 Å². The number of unbranched alkanes of at least 4 members (excludes halogenated alkanes) is 1. The van der Waals surface area contributed by atoms with Gasteiger partial charge in [0.25, 0.3) is 5.91 Å². The molecule has 0 aliphatic carbocycles. The SMILES string of the molecule is CCCCOc1nc(-c2ccccc2)n(C(=O)C=Cc2ccccc2)n1. The molecule has 0 amide bonds. The van der Waals surface area contributed by atoms with Crippen molar-refractivity contribution in [2.45, 2.75) is 19.8 Å². The predicted octanol–water partition coefficient (Wildman–Crippen LogP) is 4.48. The average Bonchev–Trinajstić information content (AvgIpc) is 3.12. The molecule has 5 heteroatoms. The maximum Gasteiger partial charge on any atom is 0.336 e. The Hall–Kier alpha value is -3.21. The van der Waals surface area contributed by atoms with Gasteiger partial charge >= 0.3 is 6.01 Å². The van der Waals surface area contributed by atoms with Crippen molar-refractivity contribution in [1.29, 1.82) is 0 Å². The Morgan fingerprint density at radius 1 is 1.08 bits per heavy atom. The lowest BCUT2D eigenvalue weighted by molar-refractivity contribution is 0.0954. The summed E-state index contributed by atoms with van der Waals surface area (Å²) >= 11 is 0. The Morgan fingerprint density at radius 2 is 1.77 bits per heavy atom. The predicted molar refractivity (Wildman–Crippen MR) is 102 cm³/mol. The molecule has 0 saturated heterocycles. The third-order valence-corrected chi connectivity index (χ3v) is 3.78. The van der Waals surface area contributed by atoms with Crippen LogP contribution < -0.4 is 4.74 Å². The number of hydrogen-bond acceptors (Lipinski definition) is 4. The molecule has 0 fully saturated rings. The van der Waals surface area contributed by atoms with Crippen molar-refractivity contribution in [3.63, 3.8) is 0 Å². The first-order valence-corrected chi connectivity index (χ1v) is 8.70. The van der Waals surface area contributed by atoms with Gasteiger partial charge in [0.1, 0.15) is 0 Å². The van der Waals surface area contributed by atoms with Gasteiger partial charge in [0.15, 0.2) is 5.82 Å².